The number of rotatable bonds is 1. The third kappa shape index (κ3) is 1.34. The molecule has 0 atom stereocenters. The highest BCUT2D eigenvalue weighted by Gasteiger charge is 2.16. The van der Waals surface area contributed by atoms with Crippen molar-refractivity contribution in [3.63, 3.8) is 0 Å². The Kier molecular flexibility index (Phi) is 2.05. The van der Waals surface area contributed by atoms with Crippen LogP contribution in [0.2, 0.25) is 0 Å². The number of hydrogen-bond donors (Lipinski definition) is 1. The molecule has 0 spiro atoms. The van der Waals surface area contributed by atoms with E-state index in [-0.39, 0.29) is 0 Å². The summed E-state index contributed by atoms with van der Waals surface area (Å²) in [5, 5.41) is 3.28. The maximum Gasteiger partial charge on any atom is 0.177 e. The van der Waals surface area contributed by atoms with E-state index in [0.717, 1.165) is 36.9 Å². The average molecular weight is 213 g/mol. The zero-order valence-corrected chi connectivity index (χ0v) is 8.73. The summed E-state index contributed by atoms with van der Waals surface area (Å²) < 4.78 is 7.69. The van der Waals surface area contributed by atoms with E-state index in [1.54, 1.807) is 6.07 Å². The first kappa shape index (κ1) is 9.25. The van der Waals surface area contributed by atoms with Crippen LogP contribution in [0.25, 0.3) is 11.5 Å². The van der Waals surface area contributed by atoms with Crippen molar-refractivity contribution in [1.29, 1.82) is 0 Å². The van der Waals surface area contributed by atoms with Gasteiger partial charge in [0.15, 0.2) is 11.5 Å². The van der Waals surface area contributed by atoms with Gasteiger partial charge in [-0.15, -0.1) is 6.42 Å². The topological polar surface area (TPSA) is 43.0 Å². The van der Waals surface area contributed by atoms with Crippen LogP contribution in [0.1, 0.15) is 11.6 Å². The lowest BCUT2D eigenvalue weighted by Crippen LogP contribution is -2.28. The Morgan fingerprint density at radius 1 is 1.50 bits per heavy atom. The largest absolute Gasteiger partial charge is 0.446 e. The summed E-state index contributed by atoms with van der Waals surface area (Å²) in [5.41, 5.74) is 0.998. The van der Waals surface area contributed by atoms with Crippen LogP contribution < -0.4 is 5.32 Å². The molecule has 0 radical (unpaired) electrons. The van der Waals surface area contributed by atoms with Gasteiger partial charge in [-0.1, -0.05) is 0 Å². The highest BCUT2D eigenvalue weighted by molar-refractivity contribution is 5.54. The molecule has 1 aliphatic heterocycles. The lowest BCUT2D eigenvalue weighted by molar-refractivity contribution is 0.499. The molecule has 0 aromatic carbocycles. The molecule has 3 rings (SSSR count). The molecule has 0 amide bonds. The number of terminal acetylenes is 1. The van der Waals surface area contributed by atoms with Crippen molar-refractivity contribution in [3.8, 4) is 23.8 Å². The highest BCUT2D eigenvalue weighted by atomic mass is 16.3. The van der Waals surface area contributed by atoms with Crippen molar-refractivity contribution in [2.75, 3.05) is 6.54 Å². The highest BCUT2D eigenvalue weighted by Crippen LogP contribution is 2.24. The predicted molar refractivity (Wildman–Crippen MR) is 59.6 cm³/mol. The zero-order chi connectivity index (χ0) is 11.0. The predicted octanol–water partition coefficient (Wildman–Crippen LogP) is 1.23. The van der Waals surface area contributed by atoms with Gasteiger partial charge < -0.3 is 14.3 Å². The van der Waals surface area contributed by atoms with Gasteiger partial charge in [-0.05, 0) is 18.1 Å². The number of fused-ring (bicyclic) bond motifs is 1. The van der Waals surface area contributed by atoms with Crippen molar-refractivity contribution >= 4 is 0 Å². The maximum atomic E-state index is 5.53. The third-order valence-corrected chi connectivity index (χ3v) is 2.73. The number of nitrogens with one attached hydrogen (secondary N) is 1. The van der Waals surface area contributed by atoms with Crippen molar-refractivity contribution in [3.05, 3.63) is 29.9 Å². The van der Waals surface area contributed by atoms with Gasteiger partial charge in [0.25, 0.3) is 0 Å². The third-order valence-electron chi connectivity index (χ3n) is 2.73. The van der Waals surface area contributed by atoms with Crippen LogP contribution in [0.15, 0.2) is 22.7 Å². The second-order valence-corrected chi connectivity index (χ2v) is 3.70. The summed E-state index contributed by atoms with van der Waals surface area (Å²) in [7, 11) is 0. The summed E-state index contributed by atoms with van der Waals surface area (Å²) in [6, 6.07) is 3.69. The molecule has 2 aromatic heterocycles. The number of hydrogen-bond acceptors (Lipinski definition) is 3. The second kappa shape index (κ2) is 3.54. The van der Waals surface area contributed by atoms with E-state index in [1.165, 1.54) is 0 Å². The summed E-state index contributed by atoms with van der Waals surface area (Å²) in [6.07, 6.45) is 7.11. The van der Waals surface area contributed by atoms with Gasteiger partial charge in [0, 0.05) is 13.1 Å². The molecular formula is C12H11N3O. The fourth-order valence-electron chi connectivity index (χ4n) is 1.95. The lowest BCUT2D eigenvalue weighted by Gasteiger charge is -2.16. The van der Waals surface area contributed by atoms with E-state index in [1.807, 2.05) is 12.3 Å². The molecule has 3 heterocycles. The van der Waals surface area contributed by atoms with Crippen molar-refractivity contribution in [2.24, 2.45) is 0 Å². The van der Waals surface area contributed by atoms with Crippen LogP contribution in [0.4, 0.5) is 0 Å². The molecule has 0 fully saturated rings. The summed E-state index contributed by atoms with van der Waals surface area (Å²) in [6.45, 7) is 2.68. The van der Waals surface area contributed by atoms with Crippen LogP contribution in [-0.2, 0) is 13.1 Å². The minimum Gasteiger partial charge on any atom is -0.446 e. The average Bonchev–Trinajstić information content (AvgIpc) is 2.94. The second-order valence-electron chi connectivity index (χ2n) is 3.70. The summed E-state index contributed by atoms with van der Waals surface area (Å²) >= 11 is 0. The van der Waals surface area contributed by atoms with Gasteiger partial charge in [-0.2, -0.15) is 0 Å². The van der Waals surface area contributed by atoms with E-state index in [9.17, 15) is 0 Å². The molecule has 80 valence electrons. The first-order valence-electron chi connectivity index (χ1n) is 5.20. The summed E-state index contributed by atoms with van der Waals surface area (Å²) in [5.74, 6) is 4.86. The SMILES string of the molecule is C#Cc1ccc(-c2cnc3n2CCNC3)o1. The first-order valence-corrected chi connectivity index (χ1v) is 5.20. The van der Waals surface area contributed by atoms with Crippen LogP contribution >= 0.6 is 0 Å². The zero-order valence-electron chi connectivity index (χ0n) is 8.73. The molecule has 4 heteroatoms. The van der Waals surface area contributed by atoms with Gasteiger partial charge in [0.1, 0.15) is 11.5 Å². The molecule has 0 saturated heterocycles. The first-order chi connectivity index (χ1) is 7.88. The van der Waals surface area contributed by atoms with E-state index in [4.69, 9.17) is 10.8 Å². The Hall–Kier alpha value is -1.99. The standard InChI is InChI=1S/C12H11N3O/c1-2-9-3-4-11(16-9)10-7-14-12-8-13-5-6-15(10)12/h1,3-4,7,13H,5-6,8H2. The van der Waals surface area contributed by atoms with Crippen LogP contribution in [0.5, 0.6) is 0 Å². The molecular weight excluding hydrogens is 202 g/mol. The van der Waals surface area contributed by atoms with E-state index in [2.05, 4.69) is 20.8 Å². The van der Waals surface area contributed by atoms with Gasteiger partial charge in [-0.3, -0.25) is 0 Å². The molecule has 1 aliphatic rings. The van der Waals surface area contributed by atoms with E-state index in [0.29, 0.717) is 5.76 Å². The summed E-state index contributed by atoms with van der Waals surface area (Å²) in [4.78, 5) is 4.36. The number of furan rings is 1. The van der Waals surface area contributed by atoms with Gasteiger partial charge in [0.05, 0.1) is 12.7 Å². The Morgan fingerprint density at radius 2 is 2.44 bits per heavy atom. The van der Waals surface area contributed by atoms with Crippen LogP contribution in [0.3, 0.4) is 0 Å². The maximum absolute atomic E-state index is 5.53. The Morgan fingerprint density at radius 3 is 3.25 bits per heavy atom. The van der Waals surface area contributed by atoms with E-state index < -0.39 is 0 Å². The lowest BCUT2D eigenvalue weighted by atomic mass is 10.3. The van der Waals surface area contributed by atoms with Gasteiger partial charge in [0.2, 0.25) is 0 Å². The molecule has 0 aliphatic carbocycles. The number of aromatic nitrogens is 2. The molecule has 1 N–H and O–H groups in total. The minimum absolute atomic E-state index is 0.555. The molecule has 0 bridgehead atoms. The van der Waals surface area contributed by atoms with Crippen molar-refractivity contribution in [1.82, 2.24) is 14.9 Å². The minimum atomic E-state index is 0.555. The van der Waals surface area contributed by atoms with Gasteiger partial charge >= 0.3 is 0 Å². The van der Waals surface area contributed by atoms with Gasteiger partial charge in [-0.25, -0.2) is 4.98 Å². The monoisotopic (exact) mass is 213 g/mol. The molecule has 16 heavy (non-hydrogen) atoms. The Balaban J connectivity index is 2.06. The molecule has 2 aromatic rings. The number of imidazole rings is 1. The molecule has 4 nitrogen and oxygen atoms in total. The quantitative estimate of drug-likeness (QED) is 0.724. The van der Waals surface area contributed by atoms with Crippen LogP contribution in [-0.4, -0.2) is 16.1 Å². The Bertz CT molecular complexity index is 559. The fraction of sp³-hybridized carbons (Fsp3) is 0.250. The van der Waals surface area contributed by atoms with E-state index >= 15 is 0 Å². The van der Waals surface area contributed by atoms with Crippen LogP contribution in [0, 0.1) is 12.3 Å². The fourth-order valence-corrected chi connectivity index (χ4v) is 1.95. The smallest absolute Gasteiger partial charge is 0.177 e. The molecule has 0 saturated carbocycles. The normalized spacial score (nSPS) is 14.4. The Labute approximate surface area is 93.3 Å². The van der Waals surface area contributed by atoms with Crippen molar-refractivity contribution in [2.45, 2.75) is 13.1 Å². The molecule has 0 unspecified atom stereocenters. The van der Waals surface area contributed by atoms with Crippen molar-refractivity contribution < 1.29 is 4.42 Å². The number of nitrogens with zero attached hydrogens (tertiary/aromatic N) is 2.